The monoisotopic (exact) mass is 263 g/mol. The van der Waals surface area contributed by atoms with Crippen molar-refractivity contribution in [3.8, 4) is 0 Å². The second-order valence-electron chi connectivity index (χ2n) is 6.57. The molecule has 0 bridgehead atoms. The van der Waals surface area contributed by atoms with Crippen LogP contribution in [0.3, 0.4) is 0 Å². The van der Waals surface area contributed by atoms with E-state index in [0.717, 1.165) is 18.8 Å². The van der Waals surface area contributed by atoms with Crippen molar-refractivity contribution in [1.29, 1.82) is 0 Å². The Kier molecular flexibility index (Phi) is 3.04. The lowest BCUT2D eigenvalue weighted by Crippen LogP contribution is -2.41. The van der Waals surface area contributed by atoms with E-state index in [1.807, 2.05) is 12.1 Å². The molecule has 3 heterocycles. The summed E-state index contributed by atoms with van der Waals surface area (Å²) in [6.45, 7) is 10.2. The van der Waals surface area contributed by atoms with Crippen molar-refractivity contribution in [3.05, 3.63) is 24.2 Å². The fourth-order valence-electron chi connectivity index (χ4n) is 2.86. The average Bonchev–Trinajstić information content (AvgIpc) is 3.00. The van der Waals surface area contributed by atoms with Gasteiger partial charge >= 0.3 is 7.12 Å². The Bertz CT molecular complexity index is 428. The third-order valence-electron chi connectivity index (χ3n) is 4.79. The zero-order chi connectivity index (χ0) is 13.7. The molecule has 2 aliphatic heterocycles. The molecule has 2 saturated heterocycles. The van der Waals surface area contributed by atoms with Crippen LogP contribution in [0.1, 0.15) is 39.4 Å². The van der Waals surface area contributed by atoms with Crippen LogP contribution < -0.4 is 5.32 Å². The largest absolute Gasteiger partial charge is 0.469 e. The van der Waals surface area contributed by atoms with E-state index in [-0.39, 0.29) is 18.3 Å². The summed E-state index contributed by atoms with van der Waals surface area (Å²) in [5, 5.41) is 3.42. The van der Waals surface area contributed by atoms with E-state index in [1.165, 1.54) is 0 Å². The lowest BCUT2D eigenvalue weighted by Gasteiger charge is -2.32. The summed E-state index contributed by atoms with van der Waals surface area (Å²) in [5.74, 6) is 1.64. The van der Waals surface area contributed by atoms with Crippen molar-refractivity contribution < 1.29 is 13.7 Å². The van der Waals surface area contributed by atoms with E-state index in [1.54, 1.807) is 6.26 Å². The van der Waals surface area contributed by atoms with Gasteiger partial charge in [0.1, 0.15) is 5.76 Å². The molecule has 19 heavy (non-hydrogen) atoms. The molecule has 0 aliphatic carbocycles. The van der Waals surface area contributed by atoms with Gasteiger partial charge in [0.15, 0.2) is 0 Å². The quantitative estimate of drug-likeness (QED) is 0.832. The number of rotatable bonds is 2. The van der Waals surface area contributed by atoms with E-state index in [9.17, 15) is 0 Å². The minimum absolute atomic E-state index is 0.171. The molecule has 0 radical (unpaired) electrons. The zero-order valence-corrected chi connectivity index (χ0v) is 12.1. The maximum Gasteiger partial charge on any atom is 0.463 e. The number of furan rings is 1. The Morgan fingerprint density at radius 1 is 1.16 bits per heavy atom. The first-order chi connectivity index (χ1) is 8.91. The first-order valence-electron chi connectivity index (χ1n) is 7.00. The summed E-state index contributed by atoms with van der Waals surface area (Å²) < 4.78 is 17.9. The molecular weight excluding hydrogens is 241 g/mol. The Hall–Kier alpha value is -0.775. The summed E-state index contributed by atoms with van der Waals surface area (Å²) >= 11 is 0. The lowest BCUT2D eigenvalue weighted by molar-refractivity contribution is 0.00578. The molecule has 5 heteroatoms. The fourth-order valence-corrected chi connectivity index (χ4v) is 2.86. The maximum absolute atomic E-state index is 6.17. The second kappa shape index (κ2) is 4.37. The van der Waals surface area contributed by atoms with Gasteiger partial charge in [-0.2, -0.15) is 0 Å². The van der Waals surface area contributed by atoms with Gasteiger partial charge in [0.05, 0.1) is 17.5 Å². The molecular formula is C14H22BNO3. The molecule has 2 fully saturated rings. The van der Waals surface area contributed by atoms with Crippen molar-refractivity contribution >= 4 is 7.12 Å². The number of nitrogens with one attached hydrogen (secondary N) is 1. The van der Waals surface area contributed by atoms with E-state index < -0.39 is 0 Å². The topological polar surface area (TPSA) is 43.6 Å². The van der Waals surface area contributed by atoms with E-state index in [0.29, 0.717) is 11.7 Å². The van der Waals surface area contributed by atoms with Crippen LogP contribution in [0.4, 0.5) is 0 Å². The highest BCUT2D eigenvalue weighted by atomic mass is 16.7. The Balaban J connectivity index is 1.80. The zero-order valence-electron chi connectivity index (χ0n) is 12.1. The predicted molar refractivity (Wildman–Crippen MR) is 74.2 cm³/mol. The summed E-state index contributed by atoms with van der Waals surface area (Å²) in [4.78, 5) is 0. The van der Waals surface area contributed by atoms with Crippen molar-refractivity contribution in [1.82, 2.24) is 5.32 Å². The third kappa shape index (κ3) is 2.14. The fraction of sp³-hybridized carbons (Fsp3) is 0.714. The van der Waals surface area contributed by atoms with Gasteiger partial charge < -0.3 is 19.0 Å². The van der Waals surface area contributed by atoms with Crippen LogP contribution in [0.2, 0.25) is 5.82 Å². The minimum Gasteiger partial charge on any atom is -0.469 e. The van der Waals surface area contributed by atoms with E-state index in [4.69, 9.17) is 13.7 Å². The van der Waals surface area contributed by atoms with Crippen LogP contribution in [-0.4, -0.2) is 31.4 Å². The Labute approximate surface area is 115 Å². The molecule has 0 saturated carbocycles. The van der Waals surface area contributed by atoms with Crippen molar-refractivity contribution in [3.63, 3.8) is 0 Å². The molecule has 0 aromatic carbocycles. The summed E-state index contributed by atoms with van der Waals surface area (Å²) in [7, 11) is -0.171. The van der Waals surface area contributed by atoms with Crippen LogP contribution in [0.15, 0.2) is 22.8 Å². The van der Waals surface area contributed by atoms with Gasteiger partial charge in [0.2, 0.25) is 0 Å². The number of hydrogen-bond acceptors (Lipinski definition) is 4. The number of hydrogen-bond donors (Lipinski definition) is 1. The van der Waals surface area contributed by atoms with Crippen LogP contribution >= 0.6 is 0 Å². The summed E-state index contributed by atoms with van der Waals surface area (Å²) in [6, 6.07) is 3.98. The highest BCUT2D eigenvalue weighted by Gasteiger charge is 2.56. The van der Waals surface area contributed by atoms with Crippen molar-refractivity contribution in [2.24, 2.45) is 0 Å². The van der Waals surface area contributed by atoms with Crippen molar-refractivity contribution in [2.75, 3.05) is 13.1 Å². The molecule has 1 N–H and O–H groups in total. The highest BCUT2D eigenvalue weighted by Crippen LogP contribution is 2.45. The first kappa shape index (κ1) is 13.2. The molecule has 104 valence electrons. The molecule has 2 atom stereocenters. The van der Waals surface area contributed by atoms with Crippen LogP contribution in [0, 0.1) is 0 Å². The summed E-state index contributed by atoms with van der Waals surface area (Å²) in [6.07, 6.45) is 1.73. The highest BCUT2D eigenvalue weighted by molar-refractivity contribution is 6.48. The van der Waals surface area contributed by atoms with Gasteiger partial charge in [-0.15, -0.1) is 0 Å². The Morgan fingerprint density at radius 2 is 1.84 bits per heavy atom. The van der Waals surface area contributed by atoms with E-state index >= 15 is 0 Å². The molecule has 0 amide bonds. The normalized spacial score (nSPS) is 32.9. The van der Waals surface area contributed by atoms with Gasteiger partial charge in [0, 0.05) is 18.3 Å². The van der Waals surface area contributed by atoms with Crippen LogP contribution in [0.25, 0.3) is 0 Å². The molecule has 0 spiro atoms. The van der Waals surface area contributed by atoms with E-state index in [2.05, 4.69) is 33.0 Å². The smallest absolute Gasteiger partial charge is 0.463 e. The Morgan fingerprint density at radius 3 is 2.42 bits per heavy atom. The minimum atomic E-state index is -0.270. The molecule has 2 aliphatic rings. The molecule has 2 unspecified atom stereocenters. The molecule has 3 rings (SSSR count). The maximum atomic E-state index is 6.17. The van der Waals surface area contributed by atoms with Gasteiger partial charge in [0.25, 0.3) is 0 Å². The first-order valence-corrected chi connectivity index (χ1v) is 7.00. The SMILES string of the molecule is CC1(C)OB(C2CNCC2c2ccco2)OC1(C)C. The van der Waals surface area contributed by atoms with Gasteiger partial charge in [-0.05, 0) is 46.4 Å². The molecule has 1 aromatic heterocycles. The predicted octanol–water partition coefficient (Wildman–Crippen LogP) is 2.43. The second-order valence-corrected chi connectivity index (χ2v) is 6.57. The standard InChI is InChI=1S/C14H22BNO3/c1-13(2)14(3,4)19-15(18-13)11-9-16-8-10(11)12-6-5-7-17-12/h5-7,10-11,16H,8-9H2,1-4H3. The van der Waals surface area contributed by atoms with Crippen LogP contribution in [0.5, 0.6) is 0 Å². The van der Waals surface area contributed by atoms with Crippen molar-refractivity contribution in [2.45, 2.75) is 50.6 Å². The third-order valence-corrected chi connectivity index (χ3v) is 4.79. The van der Waals surface area contributed by atoms with Crippen LogP contribution in [-0.2, 0) is 9.31 Å². The van der Waals surface area contributed by atoms with Gasteiger partial charge in [-0.1, -0.05) is 0 Å². The molecule has 4 nitrogen and oxygen atoms in total. The summed E-state index contributed by atoms with van der Waals surface area (Å²) in [5.41, 5.74) is -0.540. The molecule has 1 aromatic rings. The van der Waals surface area contributed by atoms with Gasteiger partial charge in [-0.25, -0.2) is 0 Å². The lowest BCUT2D eigenvalue weighted by atomic mass is 9.66. The average molecular weight is 263 g/mol. The van der Waals surface area contributed by atoms with Gasteiger partial charge in [-0.3, -0.25) is 0 Å².